The molecule has 1 aliphatic rings. The molecule has 5 heteroatoms. The van der Waals surface area contributed by atoms with Crippen molar-refractivity contribution in [2.75, 3.05) is 18.1 Å². The fourth-order valence-corrected chi connectivity index (χ4v) is 3.36. The van der Waals surface area contributed by atoms with E-state index in [1.165, 1.54) is 0 Å². The summed E-state index contributed by atoms with van der Waals surface area (Å²) in [7, 11) is 0. The van der Waals surface area contributed by atoms with Gasteiger partial charge in [0.15, 0.2) is 0 Å². The van der Waals surface area contributed by atoms with Crippen LogP contribution in [0, 0.1) is 0 Å². The van der Waals surface area contributed by atoms with E-state index in [0.717, 1.165) is 41.8 Å². The first-order valence-corrected chi connectivity index (χ1v) is 10.1. The van der Waals surface area contributed by atoms with Crippen LogP contribution in [0.2, 0.25) is 0 Å². The van der Waals surface area contributed by atoms with Crippen molar-refractivity contribution in [1.29, 1.82) is 0 Å². The van der Waals surface area contributed by atoms with Crippen LogP contribution in [0.5, 0.6) is 5.75 Å². The molecule has 3 rings (SSSR count). The second kappa shape index (κ2) is 9.40. The number of amides is 2. The Morgan fingerprint density at radius 1 is 1.14 bits per heavy atom. The summed E-state index contributed by atoms with van der Waals surface area (Å²) < 4.78 is 5.72. The standard InChI is InChI=1S/C23H28N2O3/c1-3-5-13-28-20-8-6-7-17(14-20)16-24-23(27)19-9-10-21-18(15-19)11-12-25(21)22(26)4-2/h6-10,14-15H,3-5,11-13,16H2,1-2H3,(H,24,27). The van der Waals surface area contributed by atoms with Crippen molar-refractivity contribution in [2.24, 2.45) is 0 Å². The van der Waals surface area contributed by atoms with Crippen LogP contribution < -0.4 is 15.0 Å². The van der Waals surface area contributed by atoms with Gasteiger partial charge in [0.1, 0.15) is 5.75 Å². The normalized spacial score (nSPS) is 12.6. The number of carbonyl (C=O) groups is 2. The van der Waals surface area contributed by atoms with Crippen molar-refractivity contribution < 1.29 is 14.3 Å². The highest BCUT2D eigenvalue weighted by atomic mass is 16.5. The smallest absolute Gasteiger partial charge is 0.251 e. The number of hydrogen-bond acceptors (Lipinski definition) is 3. The average Bonchev–Trinajstić information content (AvgIpc) is 3.15. The molecule has 2 aromatic rings. The lowest BCUT2D eigenvalue weighted by atomic mass is 10.1. The van der Waals surface area contributed by atoms with Gasteiger partial charge in [-0.15, -0.1) is 0 Å². The number of fused-ring (bicyclic) bond motifs is 1. The summed E-state index contributed by atoms with van der Waals surface area (Å²) in [5.74, 6) is 0.843. The lowest BCUT2D eigenvalue weighted by Crippen LogP contribution is -2.27. The van der Waals surface area contributed by atoms with Crippen LogP contribution in [0.4, 0.5) is 5.69 Å². The molecule has 148 valence electrons. The van der Waals surface area contributed by atoms with Crippen molar-refractivity contribution in [2.45, 2.75) is 46.1 Å². The average molecular weight is 380 g/mol. The maximum atomic E-state index is 12.6. The van der Waals surface area contributed by atoms with Crippen LogP contribution in [0.1, 0.15) is 54.6 Å². The Bertz CT molecular complexity index is 847. The number of hydrogen-bond donors (Lipinski definition) is 1. The largest absolute Gasteiger partial charge is 0.494 e. The molecular weight excluding hydrogens is 352 g/mol. The third-order valence-corrected chi connectivity index (χ3v) is 4.96. The Morgan fingerprint density at radius 2 is 2.00 bits per heavy atom. The molecule has 2 amide bonds. The first-order chi connectivity index (χ1) is 13.6. The van der Waals surface area contributed by atoms with Gasteiger partial charge < -0.3 is 15.0 Å². The van der Waals surface area contributed by atoms with Gasteiger partial charge in [-0.1, -0.05) is 32.4 Å². The molecule has 0 bridgehead atoms. The van der Waals surface area contributed by atoms with Crippen LogP contribution in [-0.4, -0.2) is 25.0 Å². The molecule has 0 radical (unpaired) electrons. The molecule has 1 N–H and O–H groups in total. The minimum Gasteiger partial charge on any atom is -0.494 e. The lowest BCUT2D eigenvalue weighted by Gasteiger charge is -2.16. The Kier molecular flexibility index (Phi) is 6.69. The molecule has 1 aliphatic heterocycles. The molecule has 0 aliphatic carbocycles. The zero-order chi connectivity index (χ0) is 19.9. The van der Waals surface area contributed by atoms with Crippen molar-refractivity contribution >= 4 is 17.5 Å². The van der Waals surface area contributed by atoms with Gasteiger partial charge in [0, 0.05) is 30.8 Å². The molecule has 28 heavy (non-hydrogen) atoms. The molecule has 0 fully saturated rings. The summed E-state index contributed by atoms with van der Waals surface area (Å²) in [6.45, 7) is 5.84. The van der Waals surface area contributed by atoms with E-state index in [1.54, 1.807) is 11.0 Å². The first-order valence-electron chi connectivity index (χ1n) is 10.1. The van der Waals surface area contributed by atoms with E-state index < -0.39 is 0 Å². The van der Waals surface area contributed by atoms with E-state index in [2.05, 4.69) is 12.2 Å². The maximum Gasteiger partial charge on any atom is 0.251 e. The van der Waals surface area contributed by atoms with Gasteiger partial charge in [-0.05, 0) is 54.3 Å². The minimum atomic E-state index is -0.111. The fourth-order valence-electron chi connectivity index (χ4n) is 3.36. The van der Waals surface area contributed by atoms with Gasteiger partial charge in [-0.25, -0.2) is 0 Å². The first kappa shape index (κ1) is 19.9. The van der Waals surface area contributed by atoms with Crippen molar-refractivity contribution in [3.63, 3.8) is 0 Å². The van der Waals surface area contributed by atoms with Crippen molar-refractivity contribution in [1.82, 2.24) is 5.32 Å². The molecule has 0 spiro atoms. The highest BCUT2D eigenvalue weighted by molar-refractivity contribution is 5.98. The van der Waals surface area contributed by atoms with Gasteiger partial charge in [-0.3, -0.25) is 9.59 Å². The van der Waals surface area contributed by atoms with E-state index in [0.29, 0.717) is 31.7 Å². The zero-order valence-corrected chi connectivity index (χ0v) is 16.7. The minimum absolute atomic E-state index is 0.111. The van der Waals surface area contributed by atoms with E-state index in [-0.39, 0.29) is 11.8 Å². The molecule has 0 atom stereocenters. The number of nitrogens with one attached hydrogen (secondary N) is 1. The summed E-state index contributed by atoms with van der Waals surface area (Å²) in [6.07, 6.45) is 3.41. The predicted molar refractivity (Wildman–Crippen MR) is 111 cm³/mol. The Labute approximate surface area is 166 Å². The third-order valence-electron chi connectivity index (χ3n) is 4.96. The monoisotopic (exact) mass is 380 g/mol. The molecule has 0 saturated heterocycles. The van der Waals surface area contributed by atoms with Crippen LogP contribution in [-0.2, 0) is 17.8 Å². The zero-order valence-electron chi connectivity index (χ0n) is 16.7. The summed E-state index contributed by atoms with van der Waals surface area (Å²) >= 11 is 0. The number of ether oxygens (including phenoxy) is 1. The Morgan fingerprint density at radius 3 is 2.79 bits per heavy atom. The Balaban J connectivity index is 1.60. The summed E-state index contributed by atoms with van der Waals surface area (Å²) in [5.41, 5.74) is 3.62. The van der Waals surface area contributed by atoms with Crippen LogP contribution in [0.25, 0.3) is 0 Å². The van der Waals surface area contributed by atoms with Crippen LogP contribution in [0.15, 0.2) is 42.5 Å². The number of rotatable bonds is 8. The second-order valence-corrected chi connectivity index (χ2v) is 7.02. The van der Waals surface area contributed by atoms with Gasteiger partial charge in [-0.2, -0.15) is 0 Å². The van der Waals surface area contributed by atoms with Crippen molar-refractivity contribution in [3.8, 4) is 5.75 Å². The van der Waals surface area contributed by atoms with Crippen LogP contribution in [0.3, 0.4) is 0 Å². The highest BCUT2D eigenvalue weighted by Gasteiger charge is 2.24. The van der Waals surface area contributed by atoms with Gasteiger partial charge >= 0.3 is 0 Å². The molecule has 0 saturated carbocycles. The highest BCUT2D eigenvalue weighted by Crippen LogP contribution is 2.29. The molecule has 2 aromatic carbocycles. The van der Waals surface area contributed by atoms with Gasteiger partial charge in [0.05, 0.1) is 6.61 Å². The maximum absolute atomic E-state index is 12.6. The molecule has 0 unspecified atom stereocenters. The SMILES string of the molecule is CCCCOc1cccc(CNC(=O)c2ccc3c(c2)CCN3C(=O)CC)c1. The van der Waals surface area contributed by atoms with E-state index in [9.17, 15) is 9.59 Å². The topological polar surface area (TPSA) is 58.6 Å². The number of unbranched alkanes of at least 4 members (excludes halogenated alkanes) is 1. The summed E-state index contributed by atoms with van der Waals surface area (Å²) in [5, 5.41) is 2.97. The van der Waals surface area contributed by atoms with Gasteiger partial charge in [0.2, 0.25) is 5.91 Å². The number of benzene rings is 2. The number of carbonyl (C=O) groups excluding carboxylic acids is 2. The molecule has 5 nitrogen and oxygen atoms in total. The van der Waals surface area contributed by atoms with Gasteiger partial charge in [0.25, 0.3) is 5.91 Å². The summed E-state index contributed by atoms with van der Waals surface area (Å²) in [6, 6.07) is 13.4. The van der Waals surface area contributed by atoms with Crippen molar-refractivity contribution in [3.05, 3.63) is 59.2 Å². The number of nitrogens with zero attached hydrogens (tertiary/aromatic N) is 1. The predicted octanol–water partition coefficient (Wildman–Crippen LogP) is 4.09. The number of anilines is 1. The Hall–Kier alpha value is -2.82. The van der Waals surface area contributed by atoms with E-state index >= 15 is 0 Å². The summed E-state index contributed by atoms with van der Waals surface area (Å²) in [4.78, 5) is 26.4. The quantitative estimate of drug-likeness (QED) is 0.702. The third kappa shape index (κ3) is 4.71. The van der Waals surface area contributed by atoms with E-state index in [1.807, 2.05) is 43.3 Å². The molecular formula is C23H28N2O3. The molecule has 0 aromatic heterocycles. The van der Waals surface area contributed by atoms with Crippen LogP contribution >= 0.6 is 0 Å². The second-order valence-electron chi connectivity index (χ2n) is 7.02. The molecule has 1 heterocycles. The lowest BCUT2D eigenvalue weighted by molar-refractivity contribution is -0.118. The van der Waals surface area contributed by atoms with E-state index in [4.69, 9.17) is 4.74 Å². The fraction of sp³-hybridized carbons (Fsp3) is 0.391.